The molecule has 1 aliphatic heterocycles. The third-order valence-electron chi connectivity index (χ3n) is 5.24. The average molecular weight is 577 g/mol. The Bertz CT molecular complexity index is 1040. The molecular formula is C21H33IN6O3S. The Balaban J connectivity index is 0.00000363. The van der Waals surface area contributed by atoms with Gasteiger partial charge in [-0.3, -0.25) is 9.79 Å². The van der Waals surface area contributed by atoms with E-state index in [1.807, 2.05) is 32.0 Å². The molecule has 1 aliphatic rings. The van der Waals surface area contributed by atoms with Crippen molar-refractivity contribution in [3.8, 4) is 0 Å². The van der Waals surface area contributed by atoms with Gasteiger partial charge in [-0.2, -0.15) is 0 Å². The molecule has 178 valence electrons. The molecule has 11 heteroatoms. The fourth-order valence-electron chi connectivity index (χ4n) is 3.74. The zero-order valence-electron chi connectivity index (χ0n) is 18.6. The van der Waals surface area contributed by atoms with Crippen LogP contribution in [0.15, 0.2) is 29.3 Å². The maximum atomic E-state index is 12.1. The summed E-state index contributed by atoms with van der Waals surface area (Å²) >= 11 is 0. The standard InChI is InChI=1S/C21H32N6O3S.HI/c1-3-22-21(24-12-9-20(28)26-17-10-14-31(29,30)15-17)23-11-6-13-27-16(2)25-18-7-4-5-8-19(18)27;/h4-5,7-8,17H,3,6,9-15H2,1-2H3,(H,26,28)(H2,22,23,24);1H. The quantitative estimate of drug-likeness (QED) is 0.181. The van der Waals surface area contributed by atoms with E-state index >= 15 is 0 Å². The largest absolute Gasteiger partial charge is 0.357 e. The van der Waals surface area contributed by atoms with Gasteiger partial charge < -0.3 is 20.5 Å². The first-order valence-electron chi connectivity index (χ1n) is 10.8. The summed E-state index contributed by atoms with van der Waals surface area (Å²) in [5.41, 5.74) is 2.14. The normalized spacial score (nSPS) is 17.7. The number of aryl methyl sites for hydroxylation is 2. The van der Waals surface area contributed by atoms with Crippen LogP contribution in [0.25, 0.3) is 11.0 Å². The fraction of sp³-hybridized carbons (Fsp3) is 0.571. The van der Waals surface area contributed by atoms with Crippen molar-refractivity contribution in [2.75, 3.05) is 31.1 Å². The number of aliphatic imine (C=N–C) groups is 1. The second-order valence-electron chi connectivity index (χ2n) is 7.76. The number of imidazole rings is 1. The van der Waals surface area contributed by atoms with Gasteiger partial charge in [-0.25, -0.2) is 13.4 Å². The summed E-state index contributed by atoms with van der Waals surface area (Å²) in [4.78, 5) is 21.2. The van der Waals surface area contributed by atoms with E-state index < -0.39 is 9.84 Å². The number of aromatic nitrogens is 2. The molecule has 2 heterocycles. The van der Waals surface area contributed by atoms with Gasteiger partial charge in [0.15, 0.2) is 15.8 Å². The molecule has 1 fully saturated rings. The zero-order chi connectivity index (χ0) is 22.3. The summed E-state index contributed by atoms with van der Waals surface area (Å²) in [6, 6.07) is 7.85. The number of guanidine groups is 1. The highest BCUT2D eigenvalue weighted by molar-refractivity contribution is 14.0. The SMILES string of the molecule is CCNC(=NCCCn1c(C)nc2ccccc21)NCCC(=O)NC1CCS(=O)(=O)C1.I. The number of rotatable bonds is 9. The van der Waals surface area contributed by atoms with Crippen LogP contribution in [0.2, 0.25) is 0 Å². The topological polar surface area (TPSA) is 117 Å². The van der Waals surface area contributed by atoms with Gasteiger partial charge in [0.05, 0.1) is 22.5 Å². The molecular weight excluding hydrogens is 543 g/mol. The van der Waals surface area contributed by atoms with Crippen LogP contribution < -0.4 is 16.0 Å². The lowest BCUT2D eigenvalue weighted by Gasteiger charge is -2.13. The van der Waals surface area contributed by atoms with E-state index in [4.69, 9.17) is 0 Å². The number of hydrogen-bond acceptors (Lipinski definition) is 5. The van der Waals surface area contributed by atoms with Crippen LogP contribution in [0.4, 0.5) is 0 Å². The Morgan fingerprint density at radius 2 is 2.06 bits per heavy atom. The molecule has 2 aromatic rings. The number of fused-ring (bicyclic) bond motifs is 1. The predicted octanol–water partition coefficient (Wildman–Crippen LogP) is 1.60. The summed E-state index contributed by atoms with van der Waals surface area (Å²) in [6.45, 7) is 6.65. The molecule has 1 saturated heterocycles. The summed E-state index contributed by atoms with van der Waals surface area (Å²) in [5.74, 6) is 1.72. The van der Waals surface area contributed by atoms with Crippen LogP contribution in [0.3, 0.4) is 0 Å². The fourth-order valence-corrected chi connectivity index (χ4v) is 5.42. The molecule has 1 aromatic heterocycles. The number of hydrogen-bond donors (Lipinski definition) is 3. The summed E-state index contributed by atoms with van der Waals surface area (Å²) < 4.78 is 25.2. The van der Waals surface area contributed by atoms with Crippen molar-refractivity contribution in [3.05, 3.63) is 30.1 Å². The van der Waals surface area contributed by atoms with Gasteiger partial charge in [0.2, 0.25) is 5.91 Å². The van der Waals surface area contributed by atoms with Crippen LogP contribution in [0, 0.1) is 6.92 Å². The smallest absolute Gasteiger partial charge is 0.222 e. The predicted molar refractivity (Wildman–Crippen MR) is 138 cm³/mol. The number of nitrogens with zero attached hydrogens (tertiary/aromatic N) is 3. The van der Waals surface area contributed by atoms with Crippen LogP contribution >= 0.6 is 24.0 Å². The van der Waals surface area contributed by atoms with Crippen molar-refractivity contribution in [2.24, 2.45) is 4.99 Å². The lowest BCUT2D eigenvalue weighted by atomic mass is 10.2. The minimum Gasteiger partial charge on any atom is -0.357 e. The van der Waals surface area contributed by atoms with Crippen molar-refractivity contribution in [2.45, 2.75) is 45.7 Å². The third-order valence-corrected chi connectivity index (χ3v) is 7.01. The first-order chi connectivity index (χ1) is 14.9. The first kappa shape index (κ1) is 26.4. The molecule has 1 aromatic carbocycles. The zero-order valence-corrected chi connectivity index (χ0v) is 21.8. The van der Waals surface area contributed by atoms with E-state index in [1.54, 1.807) is 0 Å². The number of carbonyl (C=O) groups excluding carboxylic acids is 1. The van der Waals surface area contributed by atoms with E-state index in [0.717, 1.165) is 36.4 Å². The number of para-hydroxylation sites is 2. The second-order valence-corrected chi connectivity index (χ2v) is 9.99. The molecule has 1 amide bonds. The van der Waals surface area contributed by atoms with E-state index in [9.17, 15) is 13.2 Å². The average Bonchev–Trinajstić information content (AvgIpc) is 3.22. The van der Waals surface area contributed by atoms with Crippen LogP contribution in [0.5, 0.6) is 0 Å². The summed E-state index contributed by atoms with van der Waals surface area (Å²) in [6.07, 6.45) is 1.63. The molecule has 0 spiro atoms. The molecule has 3 rings (SSSR count). The number of halogens is 1. The number of benzene rings is 1. The molecule has 1 unspecified atom stereocenters. The molecule has 0 aliphatic carbocycles. The Kier molecular flexibility index (Phi) is 10.2. The number of amides is 1. The molecule has 32 heavy (non-hydrogen) atoms. The Morgan fingerprint density at radius 3 is 2.78 bits per heavy atom. The van der Waals surface area contributed by atoms with Crippen molar-refractivity contribution < 1.29 is 13.2 Å². The Hall–Kier alpha value is -1.89. The van der Waals surface area contributed by atoms with Gasteiger partial charge in [-0.15, -0.1) is 24.0 Å². The van der Waals surface area contributed by atoms with E-state index in [-0.39, 0.29) is 53.9 Å². The Labute approximate surface area is 206 Å². The number of nitrogens with one attached hydrogen (secondary N) is 3. The highest BCUT2D eigenvalue weighted by Gasteiger charge is 2.28. The molecule has 1 atom stereocenters. The van der Waals surface area contributed by atoms with E-state index in [1.165, 1.54) is 0 Å². The molecule has 0 radical (unpaired) electrons. The monoisotopic (exact) mass is 576 g/mol. The lowest BCUT2D eigenvalue weighted by molar-refractivity contribution is -0.121. The highest BCUT2D eigenvalue weighted by atomic mass is 127. The minimum absolute atomic E-state index is 0. The third kappa shape index (κ3) is 7.61. The first-order valence-corrected chi connectivity index (χ1v) is 12.6. The molecule has 0 saturated carbocycles. The summed E-state index contributed by atoms with van der Waals surface area (Å²) in [5, 5.41) is 9.15. The molecule has 3 N–H and O–H groups in total. The summed E-state index contributed by atoms with van der Waals surface area (Å²) in [7, 11) is -2.99. The maximum absolute atomic E-state index is 12.1. The van der Waals surface area contributed by atoms with Crippen LogP contribution in [-0.4, -0.2) is 67.0 Å². The van der Waals surface area contributed by atoms with Gasteiger partial charge >= 0.3 is 0 Å². The molecule has 0 bridgehead atoms. The van der Waals surface area contributed by atoms with Gasteiger partial charge in [0.1, 0.15) is 5.82 Å². The Morgan fingerprint density at radius 1 is 1.28 bits per heavy atom. The van der Waals surface area contributed by atoms with Crippen molar-refractivity contribution in [1.82, 2.24) is 25.5 Å². The van der Waals surface area contributed by atoms with Gasteiger partial charge in [-0.1, -0.05) is 12.1 Å². The van der Waals surface area contributed by atoms with E-state index in [2.05, 4.69) is 36.6 Å². The maximum Gasteiger partial charge on any atom is 0.222 e. The lowest BCUT2D eigenvalue weighted by Crippen LogP contribution is -2.41. The van der Waals surface area contributed by atoms with Crippen molar-refractivity contribution in [3.63, 3.8) is 0 Å². The van der Waals surface area contributed by atoms with Crippen LogP contribution in [-0.2, 0) is 21.2 Å². The van der Waals surface area contributed by atoms with Crippen LogP contribution in [0.1, 0.15) is 32.0 Å². The van der Waals surface area contributed by atoms with Crippen molar-refractivity contribution >= 4 is 56.7 Å². The second kappa shape index (κ2) is 12.4. The number of carbonyl (C=O) groups is 1. The van der Waals surface area contributed by atoms with E-state index in [0.29, 0.717) is 25.5 Å². The van der Waals surface area contributed by atoms with Gasteiger partial charge in [0.25, 0.3) is 0 Å². The highest BCUT2D eigenvalue weighted by Crippen LogP contribution is 2.15. The number of sulfone groups is 1. The van der Waals surface area contributed by atoms with Gasteiger partial charge in [-0.05, 0) is 38.8 Å². The van der Waals surface area contributed by atoms with Crippen molar-refractivity contribution in [1.29, 1.82) is 0 Å². The molecule has 9 nitrogen and oxygen atoms in total. The van der Waals surface area contributed by atoms with Gasteiger partial charge in [0, 0.05) is 38.6 Å². The minimum atomic E-state index is -2.99.